The van der Waals surface area contributed by atoms with E-state index in [1.165, 1.54) is 4.99 Å². The molecule has 0 radical (unpaired) electrons. The van der Waals surface area contributed by atoms with E-state index in [-0.39, 0.29) is 13.0 Å². The number of amidine groups is 1. The number of aryl methyl sites for hydroxylation is 1. The molecule has 3 aromatic rings. The van der Waals surface area contributed by atoms with E-state index in [1.54, 1.807) is 37.0 Å². The summed E-state index contributed by atoms with van der Waals surface area (Å²) in [5.41, 5.74) is -9.80. The first-order chi connectivity index (χ1) is 19.2. The molecule has 2 aromatic carbocycles. The predicted octanol–water partition coefficient (Wildman–Crippen LogP) is 2.99. The van der Waals surface area contributed by atoms with Gasteiger partial charge in [0.2, 0.25) is 5.82 Å². The first-order valence-electron chi connectivity index (χ1n) is 12.3. The van der Waals surface area contributed by atoms with Crippen molar-refractivity contribution in [3.63, 3.8) is 0 Å². The fraction of sp³-hybridized carbons (Fsp3) is 0.346. The molecule has 15 heteroatoms. The summed E-state index contributed by atoms with van der Waals surface area (Å²) in [6.45, 7) is 3.65. The van der Waals surface area contributed by atoms with E-state index < -0.39 is 64.3 Å². The van der Waals surface area contributed by atoms with Crippen LogP contribution in [0.25, 0.3) is 0 Å². The summed E-state index contributed by atoms with van der Waals surface area (Å²) in [5.74, 6) is -2.14. The number of hydrogen-bond acceptors (Lipinski definition) is 5. The molecule has 0 bridgehead atoms. The molecule has 220 valence electrons. The monoisotopic (exact) mass is 589 g/mol. The number of aromatic nitrogens is 2. The van der Waals surface area contributed by atoms with Gasteiger partial charge in [-0.1, -0.05) is 12.1 Å². The molecular formula is C26H24F7N4O4+. The Balaban J connectivity index is 1.90. The molecule has 1 aromatic heterocycles. The van der Waals surface area contributed by atoms with Gasteiger partial charge in [0.25, 0.3) is 11.4 Å². The summed E-state index contributed by atoms with van der Waals surface area (Å²) in [6, 6.07) is 8.50. The Morgan fingerprint density at radius 2 is 1.59 bits per heavy atom. The van der Waals surface area contributed by atoms with Crippen molar-refractivity contribution < 1.29 is 45.2 Å². The van der Waals surface area contributed by atoms with Crippen LogP contribution in [0.5, 0.6) is 11.5 Å². The molecule has 0 unspecified atom stereocenters. The van der Waals surface area contributed by atoms with Gasteiger partial charge in [-0.2, -0.15) is 26.3 Å². The minimum Gasteiger partial charge on any atom is -0.490 e. The summed E-state index contributed by atoms with van der Waals surface area (Å²) in [4.78, 5) is 28.5. The van der Waals surface area contributed by atoms with Crippen LogP contribution in [0.3, 0.4) is 0 Å². The van der Waals surface area contributed by atoms with Gasteiger partial charge in [-0.05, 0) is 56.2 Å². The second-order valence-electron chi connectivity index (χ2n) is 8.91. The van der Waals surface area contributed by atoms with Crippen LogP contribution in [-0.2, 0) is 18.5 Å². The third-order valence-corrected chi connectivity index (χ3v) is 6.33. The molecule has 0 aliphatic carbocycles. The molecule has 8 nitrogen and oxygen atoms in total. The van der Waals surface area contributed by atoms with E-state index in [0.717, 1.165) is 18.2 Å². The van der Waals surface area contributed by atoms with Crippen LogP contribution in [0.1, 0.15) is 30.5 Å². The highest BCUT2D eigenvalue weighted by molar-refractivity contribution is 6.05. The fourth-order valence-electron chi connectivity index (χ4n) is 4.53. The van der Waals surface area contributed by atoms with E-state index >= 15 is 0 Å². The first kappa shape index (κ1) is 29.7. The average molecular weight is 589 g/mol. The molecule has 41 heavy (non-hydrogen) atoms. The van der Waals surface area contributed by atoms with Crippen molar-refractivity contribution in [3.05, 3.63) is 85.8 Å². The number of ether oxygens (including phenoxy) is 2. The summed E-state index contributed by atoms with van der Waals surface area (Å²) in [7, 11) is 0. The normalized spacial score (nSPS) is 14.6. The number of nitrogens with one attached hydrogen (secondary N) is 3. The molecule has 0 saturated heterocycles. The van der Waals surface area contributed by atoms with Crippen molar-refractivity contribution in [2.45, 2.75) is 44.7 Å². The maximum atomic E-state index is 14.5. The lowest BCUT2D eigenvalue weighted by atomic mass is 9.87. The fourth-order valence-corrected chi connectivity index (χ4v) is 4.53. The lowest BCUT2D eigenvalue weighted by Crippen LogP contribution is -2.97. The van der Waals surface area contributed by atoms with E-state index in [2.05, 4.69) is 5.32 Å². The molecule has 0 amide bonds. The summed E-state index contributed by atoms with van der Waals surface area (Å²) in [5, 5.41) is 2.32. The Morgan fingerprint density at radius 1 is 0.927 bits per heavy atom. The Bertz CT molecular complexity index is 1580. The van der Waals surface area contributed by atoms with Gasteiger partial charge in [0.1, 0.15) is 11.4 Å². The number of rotatable bonds is 8. The number of halogens is 7. The van der Waals surface area contributed by atoms with Crippen molar-refractivity contribution in [1.82, 2.24) is 9.55 Å². The van der Waals surface area contributed by atoms with Crippen LogP contribution in [0.4, 0.5) is 36.6 Å². The lowest BCUT2D eigenvalue weighted by molar-refractivity contribution is -0.658. The SMILES string of the molecule is CCOc1ccc(CCn2c3c(c(=O)[nH]c2=O)C(C(F)(F)F)(C(F)(F)F)[NH+]=C(c2cccc(F)c2)N3)cc1OCC. The van der Waals surface area contributed by atoms with Crippen LogP contribution in [0.15, 0.2) is 52.1 Å². The minimum absolute atomic E-state index is 0.0691. The van der Waals surface area contributed by atoms with Gasteiger partial charge in [-0.25, -0.2) is 19.5 Å². The Kier molecular flexibility index (Phi) is 7.91. The van der Waals surface area contributed by atoms with Crippen molar-refractivity contribution >= 4 is 11.7 Å². The standard InChI is InChI=1S/C26H23F7N4O4/c1-3-40-17-9-8-14(12-18(17)41-4-2)10-11-37-21-19(22(38)35-23(37)39)24(25(28,29)30,26(31,32)33)36-20(34-21)15-6-5-7-16(27)13-15/h5-9,12-13H,3-4,10-11H2,1-2H3,(H,34,36)(H,35,38,39)/p+1. The molecule has 1 aliphatic rings. The summed E-state index contributed by atoms with van der Waals surface area (Å²) < 4.78 is 112. The van der Waals surface area contributed by atoms with Gasteiger partial charge in [0, 0.05) is 6.54 Å². The number of benzene rings is 2. The molecular weight excluding hydrogens is 565 g/mol. The lowest BCUT2D eigenvalue weighted by Gasteiger charge is -2.35. The average Bonchev–Trinajstić information content (AvgIpc) is 2.88. The van der Waals surface area contributed by atoms with E-state index in [4.69, 9.17) is 9.47 Å². The van der Waals surface area contributed by atoms with Crippen LogP contribution in [0.2, 0.25) is 0 Å². The predicted molar refractivity (Wildman–Crippen MR) is 133 cm³/mol. The summed E-state index contributed by atoms with van der Waals surface area (Å²) >= 11 is 0. The zero-order valence-corrected chi connectivity index (χ0v) is 21.6. The van der Waals surface area contributed by atoms with Crippen LogP contribution >= 0.6 is 0 Å². The van der Waals surface area contributed by atoms with E-state index in [1.807, 2.05) is 0 Å². The number of fused-ring (bicyclic) bond motifs is 1. The number of H-pyrrole nitrogens is 1. The van der Waals surface area contributed by atoms with Gasteiger partial charge in [-0.15, -0.1) is 0 Å². The van der Waals surface area contributed by atoms with Crippen molar-refractivity contribution in [2.75, 3.05) is 18.5 Å². The molecule has 2 heterocycles. The Labute approximate surface area is 227 Å². The highest BCUT2D eigenvalue weighted by Crippen LogP contribution is 2.48. The molecule has 4 rings (SSSR count). The topological polar surface area (TPSA) is 99.3 Å². The van der Waals surface area contributed by atoms with E-state index in [9.17, 15) is 40.3 Å². The number of aromatic amines is 1. The molecule has 0 spiro atoms. The quantitative estimate of drug-likeness (QED) is 0.351. The van der Waals surface area contributed by atoms with Crippen LogP contribution < -0.4 is 31.0 Å². The first-order valence-corrected chi connectivity index (χ1v) is 12.3. The van der Waals surface area contributed by atoms with E-state index in [0.29, 0.717) is 34.3 Å². The van der Waals surface area contributed by atoms with Gasteiger partial charge in [0.15, 0.2) is 11.5 Å². The number of anilines is 1. The zero-order chi connectivity index (χ0) is 30.2. The molecule has 3 N–H and O–H groups in total. The van der Waals surface area contributed by atoms with Crippen molar-refractivity contribution in [1.29, 1.82) is 0 Å². The van der Waals surface area contributed by atoms with Gasteiger partial charge >= 0.3 is 23.6 Å². The largest absolute Gasteiger partial charge is 0.490 e. The maximum Gasteiger partial charge on any atom is 0.446 e. The molecule has 0 atom stereocenters. The van der Waals surface area contributed by atoms with Crippen LogP contribution in [0, 0.1) is 5.82 Å². The Hall–Kier alpha value is -4.30. The van der Waals surface area contributed by atoms with Gasteiger partial charge in [-0.3, -0.25) is 14.3 Å². The second kappa shape index (κ2) is 10.9. The maximum absolute atomic E-state index is 14.5. The van der Waals surface area contributed by atoms with Crippen molar-refractivity contribution in [3.8, 4) is 11.5 Å². The third-order valence-electron chi connectivity index (χ3n) is 6.33. The van der Waals surface area contributed by atoms with Gasteiger partial charge < -0.3 is 9.47 Å². The molecule has 0 fully saturated rings. The minimum atomic E-state index is -6.13. The van der Waals surface area contributed by atoms with Crippen LogP contribution in [-0.4, -0.2) is 41.0 Å². The number of nitrogens with zero attached hydrogens (tertiary/aromatic N) is 1. The number of hydrogen-bond donors (Lipinski definition) is 3. The smallest absolute Gasteiger partial charge is 0.446 e. The Morgan fingerprint density at radius 3 is 2.20 bits per heavy atom. The zero-order valence-electron chi connectivity index (χ0n) is 21.6. The third kappa shape index (κ3) is 5.39. The summed E-state index contributed by atoms with van der Waals surface area (Å²) in [6.07, 6.45) is -12.3. The van der Waals surface area contributed by atoms with Gasteiger partial charge in [0.05, 0.1) is 18.8 Å². The molecule has 0 saturated carbocycles. The second-order valence-corrected chi connectivity index (χ2v) is 8.91. The highest BCUT2D eigenvalue weighted by atomic mass is 19.4. The molecule has 1 aliphatic heterocycles. The highest BCUT2D eigenvalue weighted by Gasteiger charge is 2.78. The van der Waals surface area contributed by atoms with Crippen molar-refractivity contribution in [2.24, 2.45) is 0 Å². The number of alkyl halides is 6.